The van der Waals surface area contributed by atoms with Gasteiger partial charge in [-0.2, -0.15) is 0 Å². The van der Waals surface area contributed by atoms with Gasteiger partial charge >= 0.3 is 5.69 Å². The Bertz CT molecular complexity index is 646. The van der Waals surface area contributed by atoms with E-state index >= 15 is 0 Å². The summed E-state index contributed by atoms with van der Waals surface area (Å²) in [5.74, 6) is 1.34. The Hall–Kier alpha value is -2.83. The molecule has 1 aromatic carbocycles. The van der Waals surface area contributed by atoms with Crippen LogP contribution in [0.1, 0.15) is 5.56 Å². The van der Waals surface area contributed by atoms with Crippen molar-refractivity contribution in [3.05, 3.63) is 52.2 Å². The number of hydrogen-bond acceptors (Lipinski definition) is 6. The van der Waals surface area contributed by atoms with E-state index in [4.69, 9.17) is 9.47 Å². The van der Waals surface area contributed by atoms with Gasteiger partial charge in [0.15, 0.2) is 5.75 Å². The van der Waals surface area contributed by atoms with Crippen molar-refractivity contribution in [3.63, 3.8) is 0 Å². The maximum absolute atomic E-state index is 10.9. The zero-order valence-electron chi connectivity index (χ0n) is 11.7. The highest BCUT2D eigenvalue weighted by molar-refractivity contribution is 5.50. The van der Waals surface area contributed by atoms with Crippen molar-refractivity contribution < 1.29 is 14.4 Å². The van der Waals surface area contributed by atoms with Gasteiger partial charge < -0.3 is 14.8 Å². The normalized spacial score (nSPS) is 10.0. The quantitative estimate of drug-likeness (QED) is 0.649. The predicted octanol–water partition coefficient (Wildman–Crippen LogP) is 2.62. The van der Waals surface area contributed by atoms with Gasteiger partial charge in [0.1, 0.15) is 18.2 Å². The van der Waals surface area contributed by atoms with Crippen LogP contribution in [-0.2, 0) is 6.61 Å². The molecule has 21 heavy (non-hydrogen) atoms. The molecule has 2 rings (SSSR count). The molecule has 7 heteroatoms. The molecule has 110 valence electrons. The van der Waals surface area contributed by atoms with Crippen molar-refractivity contribution in [3.8, 4) is 11.5 Å². The lowest BCUT2D eigenvalue weighted by atomic mass is 10.2. The number of hydrogen-bond donors (Lipinski definition) is 1. The molecule has 0 aliphatic rings. The van der Waals surface area contributed by atoms with E-state index in [9.17, 15) is 10.1 Å². The first-order valence-corrected chi connectivity index (χ1v) is 6.22. The maximum Gasteiger partial charge on any atom is 0.314 e. The molecule has 0 aliphatic carbocycles. The Morgan fingerprint density at radius 1 is 1.33 bits per heavy atom. The molecule has 7 nitrogen and oxygen atoms in total. The summed E-state index contributed by atoms with van der Waals surface area (Å²) < 4.78 is 10.5. The molecule has 2 aromatic rings. The molecule has 0 fully saturated rings. The average molecular weight is 289 g/mol. The Morgan fingerprint density at radius 2 is 2.14 bits per heavy atom. The van der Waals surface area contributed by atoms with Crippen LogP contribution >= 0.6 is 0 Å². The van der Waals surface area contributed by atoms with Crippen LogP contribution < -0.4 is 14.8 Å². The van der Waals surface area contributed by atoms with Crippen LogP contribution in [-0.4, -0.2) is 24.1 Å². The van der Waals surface area contributed by atoms with Crippen LogP contribution in [0.15, 0.2) is 36.5 Å². The van der Waals surface area contributed by atoms with Gasteiger partial charge in [-0.05, 0) is 29.8 Å². The Balaban J connectivity index is 2.12. The second-order valence-electron chi connectivity index (χ2n) is 4.18. The van der Waals surface area contributed by atoms with Gasteiger partial charge in [-0.15, -0.1) is 0 Å². The summed E-state index contributed by atoms with van der Waals surface area (Å²) in [5, 5.41) is 13.9. The smallest absolute Gasteiger partial charge is 0.314 e. The van der Waals surface area contributed by atoms with Crippen molar-refractivity contribution >= 4 is 11.5 Å². The van der Waals surface area contributed by atoms with Crippen molar-refractivity contribution in [2.24, 2.45) is 0 Å². The SMILES string of the molecule is CNc1cc(COc2ccc(OC)c([N+](=O)[O-])c2)ccn1. The molecule has 0 aliphatic heterocycles. The molecule has 0 bridgehead atoms. The largest absolute Gasteiger partial charge is 0.490 e. The van der Waals surface area contributed by atoms with Crippen molar-refractivity contribution in [1.82, 2.24) is 4.98 Å². The van der Waals surface area contributed by atoms with Crippen LogP contribution in [0.2, 0.25) is 0 Å². The van der Waals surface area contributed by atoms with Crippen molar-refractivity contribution in [2.75, 3.05) is 19.5 Å². The Labute approximate surface area is 121 Å². The molecular formula is C14H15N3O4. The standard InChI is InChI=1S/C14H15N3O4/c1-15-14-7-10(5-6-16-14)9-21-11-3-4-13(20-2)12(8-11)17(18)19/h3-8H,9H2,1-2H3,(H,15,16). The zero-order valence-corrected chi connectivity index (χ0v) is 11.7. The minimum absolute atomic E-state index is 0.124. The molecule has 1 N–H and O–H groups in total. The third kappa shape index (κ3) is 3.59. The van der Waals surface area contributed by atoms with Crippen LogP contribution in [0.5, 0.6) is 11.5 Å². The van der Waals surface area contributed by atoms with Gasteiger partial charge in [0.05, 0.1) is 18.1 Å². The summed E-state index contributed by atoms with van der Waals surface area (Å²) in [6.45, 7) is 0.292. The molecule has 1 heterocycles. The Morgan fingerprint density at radius 3 is 2.81 bits per heavy atom. The fourth-order valence-electron chi connectivity index (χ4n) is 1.77. The number of nitrogens with one attached hydrogen (secondary N) is 1. The number of pyridine rings is 1. The summed E-state index contributed by atoms with van der Waals surface area (Å²) in [6.07, 6.45) is 1.67. The molecule has 0 saturated carbocycles. The number of benzene rings is 1. The fourth-order valence-corrected chi connectivity index (χ4v) is 1.77. The van der Waals surface area contributed by atoms with E-state index in [0.717, 1.165) is 11.4 Å². The van der Waals surface area contributed by atoms with Crippen LogP contribution in [0, 0.1) is 10.1 Å². The van der Waals surface area contributed by atoms with E-state index in [1.807, 2.05) is 12.1 Å². The van der Waals surface area contributed by atoms with Gasteiger partial charge in [0.25, 0.3) is 0 Å². The lowest BCUT2D eigenvalue weighted by Gasteiger charge is -2.08. The number of aromatic nitrogens is 1. The average Bonchev–Trinajstić information content (AvgIpc) is 2.52. The fraction of sp³-hybridized carbons (Fsp3) is 0.214. The highest BCUT2D eigenvalue weighted by atomic mass is 16.6. The monoisotopic (exact) mass is 289 g/mol. The molecule has 1 aromatic heterocycles. The topological polar surface area (TPSA) is 86.5 Å². The van der Waals surface area contributed by atoms with Gasteiger partial charge in [-0.1, -0.05) is 0 Å². The van der Waals surface area contributed by atoms with E-state index in [2.05, 4.69) is 10.3 Å². The molecular weight excluding hydrogens is 274 g/mol. The molecule has 0 atom stereocenters. The number of nitro groups is 1. The minimum Gasteiger partial charge on any atom is -0.490 e. The van der Waals surface area contributed by atoms with Gasteiger partial charge in [-0.25, -0.2) is 4.98 Å². The summed E-state index contributed by atoms with van der Waals surface area (Å²) in [5.41, 5.74) is 0.786. The third-order valence-electron chi connectivity index (χ3n) is 2.83. The highest BCUT2D eigenvalue weighted by Crippen LogP contribution is 2.31. The number of ether oxygens (including phenoxy) is 2. The first kappa shape index (κ1) is 14.6. The molecule has 0 saturated heterocycles. The van der Waals surface area contributed by atoms with Gasteiger partial charge in [0.2, 0.25) is 0 Å². The molecule has 0 amide bonds. The van der Waals surface area contributed by atoms with E-state index in [1.54, 1.807) is 19.3 Å². The number of rotatable bonds is 6. The predicted molar refractivity (Wildman–Crippen MR) is 77.8 cm³/mol. The van der Waals surface area contributed by atoms with E-state index < -0.39 is 4.92 Å². The van der Waals surface area contributed by atoms with E-state index in [-0.39, 0.29) is 11.4 Å². The van der Waals surface area contributed by atoms with Gasteiger partial charge in [-0.3, -0.25) is 10.1 Å². The zero-order chi connectivity index (χ0) is 15.2. The molecule has 0 radical (unpaired) electrons. The number of methoxy groups -OCH3 is 1. The summed E-state index contributed by atoms with van der Waals surface area (Å²) >= 11 is 0. The lowest BCUT2D eigenvalue weighted by Crippen LogP contribution is -1.99. The lowest BCUT2D eigenvalue weighted by molar-refractivity contribution is -0.385. The number of anilines is 1. The highest BCUT2D eigenvalue weighted by Gasteiger charge is 2.15. The first-order valence-electron chi connectivity index (χ1n) is 6.22. The summed E-state index contributed by atoms with van der Waals surface area (Å²) in [7, 11) is 3.17. The first-order chi connectivity index (χ1) is 10.1. The number of nitro benzene ring substituents is 1. The second kappa shape index (κ2) is 6.56. The van der Waals surface area contributed by atoms with Crippen molar-refractivity contribution in [1.29, 1.82) is 0 Å². The van der Waals surface area contributed by atoms with E-state index in [0.29, 0.717) is 12.4 Å². The Kier molecular flexibility index (Phi) is 4.55. The van der Waals surface area contributed by atoms with Crippen LogP contribution in [0.25, 0.3) is 0 Å². The second-order valence-corrected chi connectivity index (χ2v) is 4.18. The molecule has 0 spiro atoms. The van der Waals surface area contributed by atoms with Gasteiger partial charge in [0, 0.05) is 13.2 Å². The van der Waals surface area contributed by atoms with Crippen LogP contribution in [0.3, 0.4) is 0 Å². The summed E-state index contributed by atoms with van der Waals surface area (Å²) in [6, 6.07) is 8.15. The minimum atomic E-state index is -0.503. The third-order valence-corrected chi connectivity index (χ3v) is 2.83. The summed E-state index contributed by atoms with van der Waals surface area (Å²) in [4.78, 5) is 14.5. The van der Waals surface area contributed by atoms with E-state index in [1.165, 1.54) is 19.2 Å². The maximum atomic E-state index is 10.9. The van der Waals surface area contributed by atoms with Crippen LogP contribution in [0.4, 0.5) is 11.5 Å². The number of nitrogens with zero attached hydrogens (tertiary/aromatic N) is 2. The molecule has 0 unspecified atom stereocenters. The van der Waals surface area contributed by atoms with Crippen molar-refractivity contribution in [2.45, 2.75) is 6.61 Å².